The molecule has 0 spiro atoms. The highest BCUT2D eigenvalue weighted by Crippen LogP contribution is 2.09. The van der Waals surface area contributed by atoms with Crippen LogP contribution in [-0.2, 0) is 0 Å². The van der Waals surface area contributed by atoms with Gasteiger partial charge in [-0.25, -0.2) is 9.97 Å². The van der Waals surface area contributed by atoms with Crippen LogP contribution in [0.5, 0.6) is 0 Å². The molecule has 0 radical (unpaired) electrons. The van der Waals surface area contributed by atoms with Crippen molar-refractivity contribution in [3.05, 3.63) is 18.1 Å². The van der Waals surface area contributed by atoms with E-state index in [1.165, 1.54) is 25.9 Å². The summed E-state index contributed by atoms with van der Waals surface area (Å²) in [5.41, 5.74) is 5.76. The first-order valence-electron chi connectivity index (χ1n) is 6.27. The first kappa shape index (κ1) is 12.8. The molecule has 1 saturated heterocycles. The number of likely N-dealkylation sites (N-methyl/N-ethyl adjacent to an activating group) is 1. The minimum Gasteiger partial charge on any atom is -0.382 e. The topological polar surface area (TPSA) is 82.1 Å². The van der Waals surface area contributed by atoms with Crippen molar-refractivity contribution in [2.75, 3.05) is 38.1 Å². The Hall–Kier alpha value is -1.69. The van der Waals surface area contributed by atoms with E-state index < -0.39 is 0 Å². The smallest absolute Gasteiger partial charge is 0.146 e. The van der Waals surface area contributed by atoms with Crippen LogP contribution in [0.2, 0.25) is 0 Å². The Kier molecular flexibility index (Phi) is 4.09. The molecule has 0 amide bonds. The summed E-state index contributed by atoms with van der Waals surface area (Å²) in [5, 5.41) is 7.26. The van der Waals surface area contributed by atoms with Crippen molar-refractivity contribution < 1.29 is 0 Å². The van der Waals surface area contributed by atoms with Gasteiger partial charge in [-0.05, 0) is 25.9 Å². The van der Waals surface area contributed by atoms with E-state index >= 15 is 0 Å². The highest BCUT2D eigenvalue weighted by Gasteiger charge is 2.12. The molecule has 2 rings (SSSR count). The fraction of sp³-hybridized carbons (Fsp3) is 0.583. The lowest BCUT2D eigenvalue weighted by Crippen LogP contribution is -2.32. The summed E-state index contributed by atoms with van der Waals surface area (Å²) >= 11 is 0. The van der Waals surface area contributed by atoms with Crippen molar-refractivity contribution in [2.45, 2.75) is 12.8 Å². The van der Waals surface area contributed by atoms with Gasteiger partial charge in [0, 0.05) is 20.1 Å². The van der Waals surface area contributed by atoms with Gasteiger partial charge in [0.2, 0.25) is 0 Å². The Balaban J connectivity index is 1.87. The number of rotatable bonds is 5. The standard InChI is InChI=1S/C12H20N6/c1-17(6-7-18-4-2-3-5-18)11-9-15-10(8-16-11)12(13)14/h8-9H,2-7H2,1H3,(H3,13,14). The van der Waals surface area contributed by atoms with E-state index in [1.54, 1.807) is 12.4 Å². The third-order valence-electron chi connectivity index (χ3n) is 3.26. The normalized spacial score (nSPS) is 15.8. The molecule has 1 fully saturated rings. The molecule has 1 aliphatic rings. The molecular weight excluding hydrogens is 228 g/mol. The van der Waals surface area contributed by atoms with E-state index in [9.17, 15) is 0 Å². The number of hydrogen-bond acceptors (Lipinski definition) is 5. The van der Waals surface area contributed by atoms with Gasteiger partial charge in [0.15, 0.2) is 0 Å². The fourth-order valence-electron chi connectivity index (χ4n) is 2.07. The first-order chi connectivity index (χ1) is 8.66. The summed E-state index contributed by atoms with van der Waals surface area (Å²) in [5.74, 6) is 0.771. The second kappa shape index (κ2) is 5.77. The minimum atomic E-state index is -0.0474. The maximum atomic E-state index is 7.26. The quantitative estimate of drug-likeness (QED) is 0.578. The van der Waals surface area contributed by atoms with Gasteiger partial charge in [0.05, 0.1) is 12.4 Å². The maximum absolute atomic E-state index is 7.26. The number of nitrogens with one attached hydrogen (secondary N) is 1. The summed E-state index contributed by atoms with van der Waals surface area (Å²) in [6.45, 7) is 4.42. The van der Waals surface area contributed by atoms with Crippen molar-refractivity contribution >= 4 is 11.7 Å². The largest absolute Gasteiger partial charge is 0.382 e. The number of likely N-dealkylation sites (tertiary alicyclic amines) is 1. The third kappa shape index (κ3) is 3.16. The van der Waals surface area contributed by atoms with Crippen molar-refractivity contribution in [1.29, 1.82) is 5.41 Å². The first-order valence-corrected chi connectivity index (χ1v) is 6.27. The third-order valence-corrected chi connectivity index (χ3v) is 3.26. The molecule has 1 aromatic rings. The molecule has 6 heteroatoms. The number of amidine groups is 1. The number of aromatic nitrogens is 2. The highest BCUT2D eigenvalue weighted by atomic mass is 15.2. The molecule has 0 bridgehead atoms. The number of anilines is 1. The van der Waals surface area contributed by atoms with Crippen LogP contribution in [-0.4, -0.2) is 53.9 Å². The molecule has 0 aliphatic carbocycles. The molecule has 3 N–H and O–H groups in total. The van der Waals surface area contributed by atoms with E-state index in [-0.39, 0.29) is 5.84 Å². The van der Waals surface area contributed by atoms with Crippen LogP contribution in [0.25, 0.3) is 0 Å². The average molecular weight is 248 g/mol. The molecule has 0 atom stereocenters. The zero-order chi connectivity index (χ0) is 13.0. The predicted molar refractivity (Wildman–Crippen MR) is 72.0 cm³/mol. The Morgan fingerprint density at radius 2 is 2.11 bits per heavy atom. The van der Waals surface area contributed by atoms with E-state index in [1.807, 2.05) is 7.05 Å². The zero-order valence-electron chi connectivity index (χ0n) is 10.8. The molecule has 0 unspecified atom stereocenters. The van der Waals surface area contributed by atoms with Crippen LogP contribution in [0.1, 0.15) is 18.5 Å². The molecule has 18 heavy (non-hydrogen) atoms. The van der Waals surface area contributed by atoms with Gasteiger partial charge >= 0.3 is 0 Å². The van der Waals surface area contributed by atoms with Crippen molar-refractivity contribution in [3.63, 3.8) is 0 Å². The second-order valence-corrected chi connectivity index (χ2v) is 4.64. The lowest BCUT2D eigenvalue weighted by Gasteiger charge is -2.22. The number of nitrogens with zero attached hydrogens (tertiary/aromatic N) is 4. The number of nitrogens with two attached hydrogens (primary N) is 1. The fourth-order valence-corrected chi connectivity index (χ4v) is 2.07. The summed E-state index contributed by atoms with van der Waals surface area (Å²) in [6.07, 6.45) is 5.85. The number of nitrogen functional groups attached to an aromatic ring is 1. The van der Waals surface area contributed by atoms with Gasteiger partial charge in [-0.3, -0.25) is 5.41 Å². The lowest BCUT2D eigenvalue weighted by molar-refractivity contribution is 0.346. The summed E-state index contributed by atoms with van der Waals surface area (Å²) in [4.78, 5) is 12.9. The second-order valence-electron chi connectivity index (χ2n) is 4.64. The van der Waals surface area contributed by atoms with E-state index in [0.29, 0.717) is 5.69 Å². The molecule has 2 heterocycles. The van der Waals surface area contributed by atoms with Gasteiger partial charge in [-0.1, -0.05) is 0 Å². The van der Waals surface area contributed by atoms with E-state index in [0.717, 1.165) is 18.9 Å². The van der Waals surface area contributed by atoms with Crippen LogP contribution in [0.4, 0.5) is 5.82 Å². The van der Waals surface area contributed by atoms with Gasteiger partial charge in [0.25, 0.3) is 0 Å². The highest BCUT2D eigenvalue weighted by molar-refractivity contribution is 5.92. The van der Waals surface area contributed by atoms with Crippen LogP contribution in [0.15, 0.2) is 12.4 Å². The van der Waals surface area contributed by atoms with E-state index in [4.69, 9.17) is 11.1 Å². The lowest BCUT2D eigenvalue weighted by atomic mass is 10.4. The molecule has 6 nitrogen and oxygen atoms in total. The van der Waals surface area contributed by atoms with Crippen LogP contribution in [0.3, 0.4) is 0 Å². The average Bonchev–Trinajstić information content (AvgIpc) is 2.89. The summed E-state index contributed by atoms with van der Waals surface area (Å²) < 4.78 is 0. The number of hydrogen-bond donors (Lipinski definition) is 2. The Bertz CT molecular complexity index is 396. The van der Waals surface area contributed by atoms with Crippen molar-refractivity contribution in [3.8, 4) is 0 Å². The summed E-state index contributed by atoms with van der Waals surface area (Å²) in [6, 6.07) is 0. The van der Waals surface area contributed by atoms with Crippen molar-refractivity contribution in [2.24, 2.45) is 5.73 Å². The van der Waals surface area contributed by atoms with Crippen LogP contribution in [0, 0.1) is 5.41 Å². The molecule has 0 aromatic carbocycles. The monoisotopic (exact) mass is 248 g/mol. The summed E-state index contributed by atoms with van der Waals surface area (Å²) in [7, 11) is 2.01. The minimum absolute atomic E-state index is 0.0474. The SMILES string of the molecule is CN(CCN1CCCC1)c1cnc(C(=N)N)cn1. The molecule has 98 valence electrons. The van der Waals surface area contributed by atoms with Gasteiger partial charge in [-0.15, -0.1) is 0 Å². The van der Waals surface area contributed by atoms with Crippen LogP contribution >= 0.6 is 0 Å². The zero-order valence-corrected chi connectivity index (χ0v) is 10.8. The van der Waals surface area contributed by atoms with Gasteiger partial charge < -0.3 is 15.5 Å². The molecule has 1 aromatic heterocycles. The molecule has 1 aliphatic heterocycles. The maximum Gasteiger partial charge on any atom is 0.146 e. The van der Waals surface area contributed by atoms with Gasteiger partial charge in [-0.2, -0.15) is 0 Å². The predicted octanol–water partition coefficient (Wildman–Crippen LogP) is 0.293. The Labute approximate surface area is 107 Å². The van der Waals surface area contributed by atoms with E-state index in [2.05, 4.69) is 19.8 Å². The van der Waals surface area contributed by atoms with Gasteiger partial charge in [0.1, 0.15) is 17.3 Å². The Morgan fingerprint density at radius 3 is 2.67 bits per heavy atom. The van der Waals surface area contributed by atoms with Crippen molar-refractivity contribution in [1.82, 2.24) is 14.9 Å². The Morgan fingerprint density at radius 1 is 1.39 bits per heavy atom. The molecular formula is C12H20N6. The molecule has 0 saturated carbocycles. The van der Waals surface area contributed by atoms with Crippen LogP contribution < -0.4 is 10.6 Å².